The van der Waals surface area contributed by atoms with Gasteiger partial charge in [0.25, 0.3) is 0 Å². The summed E-state index contributed by atoms with van der Waals surface area (Å²) in [7, 11) is 0. The number of nitrogens with one attached hydrogen (secondary N) is 1. The smallest absolute Gasteiger partial charge is 0.337 e. The monoisotopic (exact) mass is 234 g/mol. The highest BCUT2D eigenvalue weighted by Gasteiger charge is 2.26. The predicted octanol–water partition coefficient (Wildman–Crippen LogP) is 1.71. The molecule has 1 aromatic carbocycles. The van der Waals surface area contributed by atoms with E-state index in [1.165, 1.54) is 18.2 Å². The number of anilines is 2. The first-order chi connectivity index (χ1) is 8.08. The molecule has 1 aliphatic carbocycles. The van der Waals surface area contributed by atoms with Gasteiger partial charge in [-0.05, 0) is 31.0 Å². The molecule has 1 amide bonds. The number of carboxylic acid groups (broad SMARTS) is 1. The molecule has 1 aliphatic rings. The molecule has 0 unspecified atom stereocenters. The van der Waals surface area contributed by atoms with Crippen molar-refractivity contribution in [3.05, 3.63) is 23.8 Å². The molecule has 1 saturated carbocycles. The standard InChI is InChI=1S/C12H14N2O3/c13-8-4-5-9(12(16)17)10(6-8)14-11(15)7-2-1-3-7/h4-7H,1-3,13H2,(H,14,15)(H,16,17). The van der Waals surface area contributed by atoms with Gasteiger partial charge in [-0.3, -0.25) is 4.79 Å². The van der Waals surface area contributed by atoms with E-state index in [1.807, 2.05) is 0 Å². The second-order valence-corrected chi connectivity index (χ2v) is 4.23. The number of nitrogen functional groups attached to an aromatic ring is 1. The van der Waals surface area contributed by atoms with Crippen LogP contribution in [0.2, 0.25) is 0 Å². The summed E-state index contributed by atoms with van der Waals surface area (Å²) in [4.78, 5) is 22.7. The van der Waals surface area contributed by atoms with E-state index < -0.39 is 5.97 Å². The Balaban J connectivity index is 2.20. The van der Waals surface area contributed by atoms with Gasteiger partial charge in [0.2, 0.25) is 5.91 Å². The average molecular weight is 234 g/mol. The van der Waals surface area contributed by atoms with Gasteiger partial charge in [0.05, 0.1) is 11.3 Å². The number of hydrogen-bond donors (Lipinski definition) is 3. The molecule has 1 fully saturated rings. The zero-order valence-electron chi connectivity index (χ0n) is 9.27. The molecule has 0 aromatic heterocycles. The molecule has 0 atom stereocenters. The van der Waals surface area contributed by atoms with Crippen LogP contribution in [0.1, 0.15) is 29.6 Å². The quantitative estimate of drug-likeness (QED) is 0.694. The number of aromatic carboxylic acids is 1. The molecule has 0 bridgehead atoms. The van der Waals surface area contributed by atoms with E-state index in [4.69, 9.17) is 10.8 Å². The molecule has 0 saturated heterocycles. The van der Waals surface area contributed by atoms with Crippen LogP contribution < -0.4 is 11.1 Å². The minimum absolute atomic E-state index is 0.0121. The third-order valence-corrected chi connectivity index (χ3v) is 3.01. The van der Waals surface area contributed by atoms with Gasteiger partial charge in [0, 0.05) is 11.6 Å². The Morgan fingerprint density at radius 1 is 1.35 bits per heavy atom. The number of hydrogen-bond acceptors (Lipinski definition) is 3. The van der Waals surface area contributed by atoms with Crippen LogP contribution in [0.3, 0.4) is 0 Å². The van der Waals surface area contributed by atoms with E-state index in [9.17, 15) is 9.59 Å². The van der Waals surface area contributed by atoms with Gasteiger partial charge < -0.3 is 16.2 Å². The van der Waals surface area contributed by atoms with Crippen molar-refractivity contribution in [1.29, 1.82) is 0 Å². The minimum Gasteiger partial charge on any atom is -0.478 e. The second-order valence-electron chi connectivity index (χ2n) is 4.23. The summed E-state index contributed by atoms with van der Waals surface area (Å²) < 4.78 is 0. The average Bonchev–Trinajstić information content (AvgIpc) is 2.13. The van der Waals surface area contributed by atoms with E-state index in [2.05, 4.69) is 5.32 Å². The fourth-order valence-corrected chi connectivity index (χ4v) is 1.76. The van der Waals surface area contributed by atoms with Crippen LogP contribution in [0.4, 0.5) is 11.4 Å². The van der Waals surface area contributed by atoms with E-state index >= 15 is 0 Å². The maximum Gasteiger partial charge on any atom is 0.337 e. The third kappa shape index (κ3) is 2.38. The number of nitrogens with two attached hydrogens (primary N) is 1. The van der Waals surface area contributed by atoms with Gasteiger partial charge in [-0.15, -0.1) is 0 Å². The number of carboxylic acids is 1. The fraction of sp³-hybridized carbons (Fsp3) is 0.333. The molecule has 0 aliphatic heterocycles. The lowest BCUT2D eigenvalue weighted by molar-refractivity contribution is -0.122. The molecule has 17 heavy (non-hydrogen) atoms. The third-order valence-electron chi connectivity index (χ3n) is 3.01. The molecule has 5 nitrogen and oxygen atoms in total. The van der Waals surface area contributed by atoms with Crippen molar-refractivity contribution in [1.82, 2.24) is 0 Å². The fourth-order valence-electron chi connectivity index (χ4n) is 1.76. The Kier molecular flexibility index (Phi) is 2.99. The summed E-state index contributed by atoms with van der Waals surface area (Å²) >= 11 is 0. The SMILES string of the molecule is Nc1ccc(C(=O)O)c(NC(=O)C2CCC2)c1. The van der Waals surface area contributed by atoms with Gasteiger partial charge in [-0.1, -0.05) is 6.42 Å². The van der Waals surface area contributed by atoms with Gasteiger partial charge in [-0.25, -0.2) is 4.79 Å². The molecule has 5 heteroatoms. The molecule has 0 radical (unpaired) electrons. The maximum atomic E-state index is 11.7. The van der Waals surface area contributed by atoms with E-state index in [1.54, 1.807) is 0 Å². The van der Waals surface area contributed by atoms with Crippen molar-refractivity contribution in [3.63, 3.8) is 0 Å². The van der Waals surface area contributed by atoms with Crippen molar-refractivity contribution >= 4 is 23.3 Å². The maximum absolute atomic E-state index is 11.7. The van der Waals surface area contributed by atoms with Crippen LogP contribution >= 0.6 is 0 Å². The summed E-state index contributed by atoms with van der Waals surface area (Å²) in [5.41, 5.74) is 6.35. The summed E-state index contributed by atoms with van der Waals surface area (Å²) in [6.07, 6.45) is 2.80. The summed E-state index contributed by atoms with van der Waals surface area (Å²) in [5.74, 6) is -1.18. The van der Waals surface area contributed by atoms with Crippen molar-refractivity contribution in [3.8, 4) is 0 Å². The Morgan fingerprint density at radius 3 is 2.59 bits per heavy atom. The molecular weight excluding hydrogens is 220 g/mol. The van der Waals surface area contributed by atoms with Crippen LogP contribution in [0.15, 0.2) is 18.2 Å². The highest BCUT2D eigenvalue weighted by molar-refractivity contribution is 6.02. The zero-order valence-corrected chi connectivity index (χ0v) is 9.27. The number of benzene rings is 1. The van der Waals surface area contributed by atoms with Gasteiger partial charge in [0.15, 0.2) is 0 Å². The van der Waals surface area contributed by atoms with Gasteiger partial charge in [-0.2, -0.15) is 0 Å². The molecule has 0 spiro atoms. The van der Waals surface area contributed by atoms with Crippen molar-refractivity contribution < 1.29 is 14.7 Å². The van der Waals surface area contributed by atoms with Crippen LogP contribution in [-0.4, -0.2) is 17.0 Å². The normalized spacial score (nSPS) is 15.1. The largest absolute Gasteiger partial charge is 0.478 e. The Morgan fingerprint density at radius 2 is 2.06 bits per heavy atom. The summed E-state index contributed by atoms with van der Waals surface area (Å²) in [6, 6.07) is 4.37. The Bertz CT molecular complexity index is 467. The van der Waals surface area contributed by atoms with Crippen LogP contribution in [0.25, 0.3) is 0 Å². The van der Waals surface area contributed by atoms with Crippen LogP contribution in [0.5, 0.6) is 0 Å². The van der Waals surface area contributed by atoms with E-state index in [-0.39, 0.29) is 23.1 Å². The van der Waals surface area contributed by atoms with Gasteiger partial charge >= 0.3 is 5.97 Å². The molecule has 2 rings (SSSR count). The first-order valence-electron chi connectivity index (χ1n) is 5.51. The molecule has 1 aromatic rings. The van der Waals surface area contributed by atoms with Crippen molar-refractivity contribution in [2.75, 3.05) is 11.1 Å². The number of rotatable bonds is 3. The molecular formula is C12H14N2O3. The zero-order chi connectivity index (χ0) is 12.4. The predicted molar refractivity (Wildman–Crippen MR) is 63.8 cm³/mol. The number of carbonyl (C=O) groups excluding carboxylic acids is 1. The van der Waals surface area contributed by atoms with Crippen molar-refractivity contribution in [2.45, 2.75) is 19.3 Å². The minimum atomic E-state index is -1.08. The highest BCUT2D eigenvalue weighted by Crippen LogP contribution is 2.28. The lowest BCUT2D eigenvalue weighted by Crippen LogP contribution is -2.28. The first kappa shape index (κ1) is 11.4. The van der Waals surface area contributed by atoms with E-state index in [0.29, 0.717) is 5.69 Å². The number of carbonyl (C=O) groups is 2. The number of amides is 1. The van der Waals surface area contributed by atoms with Gasteiger partial charge in [0.1, 0.15) is 0 Å². The molecule has 4 N–H and O–H groups in total. The van der Waals surface area contributed by atoms with Crippen LogP contribution in [-0.2, 0) is 4.79 Å². The molecule has 90 valence electrons. The topological polar surface area (TPSA) is 92.4 Å². The van der Waals surface area contributed by atoms with E-state index in [0.717, 1.165) is 19.3 Å². The van der Waals surface area contributed by atoms with Crippen molar-refractivity contribution in [2.24, 2.45) is 5.92 Å². The summed E-state index contributed by atoms with van der Waals surface area (Å²) in [5, 5.41) is 11.6. The lowest BCUT2D eigenvalue weighted by Gasteiger charge is -2.24. The second kappa shape index (κ2) is 4.45. The lowest BCUT2D eigenvalue weighted by atomic mass is 9.85. The Hall–Kier alpha value is -2.04. The van der Waals surface area contributed by atoms with Crippen LogP contribution in [0, 0.1) is 5.92 Å². The molecule has 0 heterocycles. The summed E-state index contributed by atoms with van der Waals surface area (Å²) in [6.45, 7) is 0. The Labute approximate surface area is 98.6 Å². The highest BCUT2D eigenvalue weighted by atomic mass is 16.4. The first-order valence-corrected chi connectivity index (χ1v) is 5.51.